The summed E-state index contributed by atoms with van der Waals surface area (Å²) in [7, 11) is 2.16. The molecule has 0 saturated heterocycles. The Bertz CT molecular complexity index is 1090. The summed E-state index contributed by atoms with van der Waals surface area (Å²) < 4.78 is 0. The molecule has 2 aliphatic rings. The molecule has 2 aliphatic carbocycles. The number of hydrogen-bond acceptors (Lipinski definition) is 0. The molecule has 0 aromatic heterocycles. The normalized spacial score (nSPS) is 21.9. The van der Waals surface area contributed by atoms with E-state index < -0.39 is 4.87 Å². The summed E-state index contributed by atoms with van der Waals surface area (Å²) in [5.41, 5.74) is 7.82. The largest absolute Gasteiger partial charge is 0.186 e. The molecule has 28 heavy (non-hydrogen) atoms. The van der Waals surface area contributed by atoms with Crippen molar-refractivity contribution >= 4 is 42.6 Å². The van der Waals surface area contributed by atoms with Crippen molar-refractivity contribution in [2.24, 2.45) is 0 Å². The van der Waals surface area contributed by atoms with Crippen LogP contribution in [0.4, 0.5) is 0 Å². The van der Waals surface area contributed by atoms with E-state index in [4.69, 9.17) is 23.2 Å². The molecule has 2 unspecified atom stereocenters. The van der Waals surface area contributed by atoms with Gasteiger partial charge in [0.05, 0.1) is 5.38 Å². The van der Waals surface area contributed by atoms with Crippen molar-refractivity contribution in [3.05, 3.63) is 118 Å². The SMILES string of the molecule is ClC1C([B]C2=Cc3ccccc3C2(Cl)c2ccccc2)=Cc2ccccc21.[Zr]. The van der Waals surface area contributed by atoms with Gasteiger partial charge in [-0.05, 0) is 27.8 Å². The van der Waals surface area contributed by atoms with Crippen LogP contribution in [0.1, 0.15) is 33.2 Å². The van der Waals surface area contributed by atoms with Gasteiger partial charge in [0.15, 0.2) is 7.28 Å². The molecular weight excluding hydrogens is 461 g/mol. The minimum atomic E-state index is -0.704. The van der Waals surface area contributed by atoms with Crippen LogP contribution < -0.4 is 0 Å². The van der Waals surface area contributed by atoms with Crippen LogP contribution in [0.3, 0.4) is 0 Å². The van der Waals surface area contributed by atoms with E-state index in [1.54, 1.807) is 0 Å². The van der Waals surface area contributed by atoms with Crippen molar-refractivity contribution < 1.29 is 26.2 Å². The van der Waals surface area contributed by atoms with Crippen LogP contribution in [0.2, 0.25) is 0 Å². The first-order valence-corrected chi connectivity index (χ1v) is 9.85. The Morgan fingerprint density at radius 2 is 1.39 bits per heavy atom. The Morgan fingerprint density at radius 3 is 2.14 bits per heavy atom. The van der Waals surface area contributed by atoms with Gasteiger partial charge < -0.3 is 0 Å². The molecule has 3 aromatic carbocycles. The van der Waals surface area contributed by atoms with Gasteiger partial charge in [-0.15, -0.1) is 23.2 Å². The Morgan fingerprint density at radius 1 is 0.750 bits per heavy atom. The molecule has 4 heteroatoms. The Labute approximate surface area is 195 Å². The fourth-order valence-corrected chi connectivity index (χ4v) is 4.82. The zero-order chi connectivity index (χ0) is 18.4. The summed E-state index contributed by atoms with van der Waals surface area (Å²) in [6.45, 7) is 0. The van der Waals surface area contributed by atoms with Gasteiger partial charge in [-0.25, -0.2) is 0 Å². The van der Waals surface area contributed by atoms with Crippen molar-refractivity contribution in [2.45, 2.75) is 10.3 Å². The van der Waals surface area contributed by atoms with Crippen LogP contribution in [0.25, 0.3) is 12.2 Å². The summed E-state index contributed by atoms with van der Waals surface area (Å²) in [5, 5.41) is -0.150. The molecule has 0 saturated carbocycles. The summed E-state index contributed by atoms with van der Waals surface area (Å²) in [6.07, 6.45) is 4.35. The first kappa shape index (κ1) is 20.0. The Balaban J connectivity index is 0.00000192. The quantitative estimate of drug-likeness (QED) is 0.296. The van der Waals surface area contributed by atoms with E-state index in [1.807, 2.05) is 36.4 Å². The van der Waals surface area contributed by atoms with E-state index in [-0.39, 0.29) is 31.6 Å². The van der Waals surface area contributed by atoms with Crippen molar-refractivity contribution in [1.29, 1.82) is 0 Å². The van der Waals surface area contributed by atoms with E-state index in [2.05, 4.69) is 61.9 Å². The van der Waals surface area contributed by atoms with Crippen LogP contribution in [0.5, 0.6) is 0 Å². The van der Waals surface area contributed by atoms with E-state index in [0.717, 1.165) is 33.2 Å². The third-order valence-electron chi connectivity index (χ3n) is 5.42. The average molecular weight is 477 g/mol. The molecule has 0 bridgehead atoms. The van der Waals surface area contributed by atoms with Gasteiger partial charge >= 0.3 is 0 Å². The monoisotopic (exact) mass is 475 g/mol. The summed E-state index contributed by atoms with van der Waals surface area (Å²) >= 11 is 14.1. The van der Waals surface area contributed by atoms with Gasteiger partial charge in [0.1, 0.15) is 4.87 Å². The Hall–Kier alpha value is -1.33. The first-order valence-electron chi connectivity index (χ1n) is 9.03. The molecule has 5 rings (SSSR count). The van der Waals surface area contributed by atoms with Crippen LogP contribution in [-0.4, -0.2) is 7.28 Å². The smallest absolute Gasteiger partial charge is 0.114 e. The van der Waals surface area contributed by atoms with Gasteiger partial charge in [0.2, 0.25) is 0 Å². The fraction of sp³-hybridized carbons (Fsp3) is 0.0833. The number of fused-ring (bicyclic) bond motifs is 2. The number of halogens is 2. The molecule has 3 aromatic rings. The zero-order valence-electron chi connectivity index (χ0n) is 15.1. The Kier molecular flexibility index (Phi) is 5.58. The molecule has 0 heterocycles. The van der Waals surface area contributed by atoms with Crippen LogP contribution in [-0.2, 0) is 31.1 Å². The molecule has 0 N–H and O–H groups in total. The second-order valence-corrected chi connectivity index (χ2v) is 7.99. The van der Waals surface area contributed by atoms with Gasteiger partial charge in [-0.2, -0.15) is 0 Å². The number of allylic oxidation sites excluding steroid dienone is 2. The third kappa shape index (κ3) is 3.11. The zero-order valence-corrected chi connectivity index (χ0v) is 19.0. The van der Waals surface area contributed by atoms with Crippen molar-refractivity contribution in [3.8, 4) is 0 Å². The second kappa shape index (κ2) is 7.83. The molecule has 133 valence electrons. The second-order valence-electron chi connectivity index (χ2n) is 6.99. The van der Waals surface area contributed by atoms with E-state index in [1.165, 1.54) is 5.56 Å². The average Bonchev–Trinajstić information content (AvgIpc) is 3.19. The van der Waals surface area contributed by atoms with E-state index in [9.17, 15) is 0 Å². The van der Waals surface area contributed by atoms with Crippen LogP contribution >= 0.6 is 23.2 Å². The maximum absolute atomic E-state index is 7.36. The predicted molar refractivity (Wildman–Crippen MR) is 116 cm³/mol. The molecule has 0 fully saturated rings. The van der Waals surface area contributed by atoms with Crippen molar-refractivity contribution in [2.75, 3.05) is 0 Å². The number of rotatable bonds is 3. The predicted octanol–water partition coefficient (Wildman–Crippen LogP) is 6.56. The standard InChI is InChI=1S/C24H16BCl2.Zr/c26-23-19-12-6-4-8-16(19)14-21(23)25-22-15-17-9-5-7-13-20(17)24(22,27)18-10-2-1-3-11-18;/h1-15,23H;. The fourth-order valence-electron chi connectivity index (χ4n) is 4.09. The summed E-state index contributed by atoms with van der Waals surface area (Å²) in [4.78, 5) is -0.704. The van der Waals surface area contributed by atoms with Gasteiger partial charge in [-0.1, -0.05) is 102 Å². The molecule has 0 spiro atoms. The maximum atomic E-state index is 7.36. The molecule has 2 atom stereocenters. The molecule has 0 aliphatic heterocycles. The topological polar surface area (TPSA) is 0 Å². The minimum Gasteiger partial charge on any atom is -0.114 e. The minimum absolute atomic E-state index is 0. The third-order valence-corrected chi connectivity index (χ3v) is 6.55. The molecular formula is C24H16BCl2Zr. The molecule has 0 amide bonds. The van der Waals surface area contributed by atoms with Crippen molar-refractivity contribution in [1.82, 2.24) is 0 Å². The number of alkyl halides is 2. The van der Waals surface area contributed by atoms with E-state index in [0.29, 0.717) is 0 Å². The number of hydrogen-bond donors (Lipinski definition) is 0. The first-order chi connectivity index (χ1) is 13.2. The van der Waals surface area contributed by atoms with Crippen LogP contribution in [0.15, 0.2) is 89.8 Å². The number of benzene rings is 3. The summed E-state index contributed by atoms with van der Waals surface area (Å²) in [6, 6.07) is 26.9. The molecule has 1 radical (unpaired) electrons. The van der Waals surface area contributed by atoms with Crippen LogP contribution in [0, 0.1) is 0 Å². The van der Waals surface area contributed by atoms with Gasteiger partial charge in [0.25, 0.3) is 0 Å². The van der Waals surface area contributed by atoms with Gasteiger partial charge in [0, 0.05) is 26.2 Å². The van der Waals surface area contributed by atoms with E-state index >= 15 is 0 Å². The maximum Gasteiger partial charge on any atom is 0.186 e. The van der Waals surface area contributed by atoms with Crippen molar-refractivity contribution in [3.63, 3.8) is 0 Å². The van der Waals surface area contributed by atoms with Gasteiger partial charge in [-0.3, -0.25) is 0 Å². The molecule has 0 nitrogen and oxygen atoms in total. The summed E-state index contributed by atoms with van der Waals surface area (Å²) in [5.74, 6) is 0.